The van der Waals surface area contributed by atoms with Crippen LogP contribution >= 0.6 is 11.6 Å². The van der Waals surface area contributed by atoms with Crippen LogP contribution in [-0.2, 0) is 16.1 Å². The van der Waals surface area contributed by atoms with Crippen molar-refractivity contribution in [2.24, 2.45) is 11.7 Å². The molecule has 1 aliphatic rings. The Kier molecular flexibility index (Phi) is 4.31. The molecule has 2 N–H and O–H groups in total. The van der Waals surface area contributed by atoms with Crippen LogP contribution in [0.5, 0.6) is 0 Å². The van der Waals surface area contributed by atoms with Gasteiger partial charge in [-0.25, -0.2) is 0 Å². The van der Waals surface area contributed by atoms with E-state index in [4.69, 9.17) is 17.3 Å². The molecule has 3 rings (SSSR count). The summed E-state index contributed by atoms with van der Waals surface area (Å²) in [6.45, 7) is 2.66. The van der Waals surface area contributed by atoms with E-state index in [1.807, 2.05) is 42.0 Å². The Balaban J connectivity index is 1.79. The van der Waals surface area contributed by atoms with Gasteiger partial charge in [-0.15, -0.1) is 0 Å². The topological polar surface area (TPSA) is 68.3 Å². The number of carbonyl (C=O) groups is 2. The minimum Gasteiger partial charge on any atom is -0.369 e. The van der Waals surface area contributed by atoms with Crippen molar-refractivity contribution in [3.8, 4) is 0 Å². The molecule has 23 heavy (non-hydrogen) atoms. The number of hydrogen-bond acceptors (Lipinski definition) is 2. The maximum Gasteiger partial charge on any atom is 0.242 e. The van der Waals surface area contributed by atoms with Crippen molar-refractivity contribution in [2.45, 2.75) is 32.4 Å². The second-order valence-corrected chi connectivity index (χ2v) is 6.65. The molecule has 0 saturated carbocycles. The first-order valence-corrected chi connectivity index (χ1v) is 8.16. The Hall–Kier alpha value is -2.01. The van der Waals surface area contributed by atoms with E-state index in [1.54, 1.807) is 4.90 Å². The van der Waals surface area contributed by atoms with Crippen LogP contribution < -0.4 is 5.73 Å². The zero-order valence-corrected chi connectivity index (χ0v) is 13.8. The molecule has 2 atom stereocenters. The summed E-state index contributed by atoms with van der Waals surface area (Å²) in [7, 11) is 0. The highest BCUT2D eigenvalue weighted by molar-refractivity contribution is 6.31. The molecule has 5 nitrogen and oxygen atoms in total. The number of amides is 2. The van der Waals surface area contributed by atoms with Crippen LogP contribution in [0.2, 0.25) is 5.02 Å². The number of hydrogen-bond donors (Lipinski definition) is 1. The molecule has 2 heterocycles. The first-order valence-electron chi connectivity index (χ1n) is 7.79. The molecular formula is C17H20ClN3O2. The van der Waals surface area contributed by atoms with E-state index in [-0.39, 0.29) is 30.3 Å². The van der Waals surface area contributed by atoms with Gasteiger partial charge >= 0.3 is 0 Å². The van der Waals surface area contributed by atoms with E-state index in [9.17, 15) is 9.59 Å². The lowest BCUT2D eigenvalue weighted by Gasteiger charge is -2.37. The zero-order chi connectivity index (χ0) is 16.6. The summed E-state index contributed by atoms with van der Waals surface area (Å²) in [5.41, 5.74) is 6.34. The molecule has 1 aromatic carbocycles. The third-order valence-corrected chi connectivity index (χ3v) is 4.88. The van der Waals surface area contributed by atoms with Crippen LogP contribution in [0.15, 0.2) is 30.5 Å². The van der Waals surface area contributed by atoms with Gasteiger partial charge in [-0.3, -0.25) is 9.59 Å². The van der Waals surface area contributed by atoms with Gasteiger partial charge in [-0.2, -0.15) is 0 Å². The van der Waals surface area contributed by atoms with Gasteiger partial charge in [0, 0.05) is 29.3 Å². The van der Waals surface area contributed by atoms with Crippen LogP contribution in [0.25, 0.3) is 10.9 Å². The largest absolute Gasteiger partial charge is 0.369 e. The van der Waals surface area contributed by atoms with Crippen LogP contribution in [0.3, 0.4) is 0 Å². The number of likely N-dealkylation sites (tertiary alicyclic amines) is 1. The highest BCUT2D eigenvalue weighted by atomic mass is 35.5. The number of halogens is 1. The van der Waals surface area contributed by atoms with E-state index in [1.165, 1.54) is 0 Å². The van der Waals surface area contributed by atoms with Gasteiger partial charge in [-0.05, 0) is 43.4 Å². The number of aromatic nitrogens is 1. The number of benzene rings is 1. The maximum atomic E-state index is 12.7. The molecule has 2 aromatic rings. The van der Waals surface area contributed by atoms with E-state index in [2.05, 4.69) is 0 Å². The summed E-state index contributed by atoms with van der Waals surface area (Å²) < 4.78 is 1.89. The fraction of sp³-hybridized carbons (Fsp3) is 0.412. The standard InChI is InChI=1S/C17H20ClN3O2/c1-11-2-3-13(17(19)23)9-21(11)16(22)10-20-7-6-12-4-5-14(18)8-15(12)20/h4-8,11,13H,2-3,9-10H2,1H3,(H2,19,23). The minimum absolute atomic E-state index is 0.000857. The Bertz CT molecular complexity index is 755. The first-order chi connectivity index (χ1) is 11.0. The fourth-order valence-corrected chi connectivity index (χ4v) is 3.38. The summed E-state index contributed by atoms with van der Waals surface area (Å²) in [5.74, 6) is -0.570. The second kappa shape index (κ2) is 6.24. The number of piperidine rings is 1. The predicted molar refractivity (Wildman–Crippen MR) is 90.0 cm³/mol. The summed E-state index contributed by atoms with van der Waals surface area (Å²) in [4.78, 5) is 25.9. The van der Waals surface area contributed by atoms with Crippen molar-refractivity contribution in [1.29, 1.82) is 0 Å². The molecule has 1 fully saturated rings. The molecule has 1 aliphatic heterocycles. The molecule has 0 bridgehead atoms. The predicted octanol–water partition coefficient (Wildman–Crippen LogP) is 2.41. The van der Waals surface area contributed by atoms with Gasteiger partial charge in [0.1, 0.15) is 6.54 Å². The lowest BCUT2D eigenvalue weighted by Crippen LogP contribution is -2.49. The third-order valence-electron chi connectivity index (χ3n) is 4.65. The zero-order valence-electron chi connectivity index (χ0n) is 13.0. The van der Waals surface area contributed by atoms with Gasteiger partial charge in [0.2, 0.25) is 11.8 Å². The monoisotopic (exact) mass is 333 g/mol. The van der Waals surface area contributed by atoms with Crippen LogP contribution in [0.4, 0.5) is 0 Å². The summed E-state index contributed by atoms with van der Waals surface area (Å²) >= 11 is 6.05. The molecule has 0 radical (unpaired) electrons. The normalized spacial score (nSPS) is 21.6. The molecule has 2 amide bonds. The van der Waals surface area contributed by atoms with Crippen LogP contribution in [0, 0.1) is 5.92 Å². The highest BCUT2D eigenvalue weighted by Gasteiger charge is 2.31. The van der Waals surface area contributed by atoms with Gasteiger partial charge in [0.25, 0.3) is 0 Å². The molecule has 0 aliphatic carbocycles. The highest BCUT2D eigenvalue weighted by Crippen LogP contribution is 2.24. The van der Waals surface area contributed by atoms with Gasteiger partial charge in [-0.1, -0.05) is 17.7 Å². The van der Waals surface area contributed by atoms with Crippen molar-refractivity contribution >= 4 is 34.3 Å². The lowest BCUT2D eigenvalue weighted by molar-refractivity contribution is -0.138. The van der Waals surface area contributed by atoms with Crippen molar-refractivity contribution < 1.29 is 9.59 Å². The SMILES string of the molecule is CC1CCC(C(N)=O)CN1C(=O)Cn1ccc2ccc(Cl)cc21. The Morgan fingerprint density at radius 3 is 2.83 bits per heavy atom. The lowest BCUT2D eigenvalue weighted by atomic mass is 9.93. The van der Waals surface area contributed by atoms with Crippen molar-refractivity contribution in [1.82, 2.24) is 9.47 Å². The minimum atomic E-state index is -0.326. The molecule has 6 heteroatoms. The molecule has 0 spiro atoms. The molecule has 122 valence electrons. The summed E-state index contributed by atoms with van der Waals surface area (Å²) in [6.07, 6.45) is 3.44. The number of rotatable bonds is 3. The summed E-state index contributed by atoms with van der Waals surface area (Å²) in [5, 5.41) is 1.69. The van der Waals surface area contributed by atoms with E-state index in [0.717, 1.165) is 23.7 Å². The van der Waals surface area contributed by atoms with Gasteiger partial charge < -0.3 is 15.2 Å². The second-order valence-electron chi connectivity index (χ2n) is 6.22. The smallest absolute Gasteiger partial charge is 0.242 e. The number of nitrogens with zero attached hydrogens (tertiary/aromatic N) is 2. The van der Waals surface area contributed by atoms with E-state index >= 15 is 0 Å². The molecule has 1 aromatic heterocycles. The average Bonchev–Trinajstić information content (AvgIpc) is 2.89. The van der Waals surface area contributed by atoms with E-state index < -0.39 is 0 Å². The molecular weight excluding hydrogens is 314 g/mol. The van der Waals surface area contributed by atoms with Crippen LogP contribution in [-0.4, -0.2) is 33.9 Å². The number of nitrogens with two attached hydrogens (primary N) is 1. The fourth-order valence-electron chi connectivity index (χ4n) is 3.22. The van der Waals surface area contributed by atoms with E-state index in [0.29, 0.717) is 11.6 Å². The van der Waals surface area contributed by atoms with Crippen molar-refractivity contribution in [3.63, 3.8) is 0 Å². The Morgan fingerprint density at radius 2 is 2.09 bits per heavy atom. The van der Waals surface area contributed by atoms with Crippen LogP contribution in [0.1, 0.15) is 19.8 Å². The average molecular weight is 334 g/mol. The third kappa shape index (κ3) is 3.20. The Morgan fingerprint density at radius 1 is 1.30 bits per heavy atom. The number of fused-ring (bicyclic) bond motifs is 1. The number of primary amides is 1. The molecule has 1 saturated heterocycles. The Labute approximate surface area is 140 Å². The van der Waals surface area contributed by atoms with Crippen molar-refractivity contribution in [3.05, 3.63) is 35.5 Å². The molecule has 2 unspecified atom stereocenters. The van der Waals surface area contributed by atoms with Gasteiger partial charge in [0.15, 0.2) is 0 Å². The first kappa shape index (κ1) is 15.9. The van der Waals surface area contributed by atoms with Gasteiger partial charge in [0.05, 0.1) is 5.92 Å². The quantitative estimate of drug-likeness (QED) is 0.937. The van der Waals surface area contributed by atoms with Crippen molar-refractivity contribution in [2.75, 3.05) is 6.54 Å². The summed E-state index contributed by atoms with van der Waals surface area (Å²) in [6, 6.07) is 7.72. The number of carbonyl (C=O) groups excluding carboxylic acids is 2. The maximum absolute atomic E-state index is 12.7.